The highest BCUT2D eigenvalue weighted by Crippen LogP contribution is 2.19. The van der Waals surface area contributed by atoms with Gasteiger partial charge in [0, 0.05) is 19.0 Å². The Hall–Kier alpha value is -1.36. The van der Waals surface area contributed by atoms with Crippen molar-refractivity contribution < 1.29 is 9.21 Å². The highest BCUT2D eigenvalue weighted by molar-refractivity contribution is 7.80. The van der Waals surface area contributed by atoms with E-state index in [1.807, 2.05) is 6.92 Å². The van der Waals surface area contributed by atoms with Gasteiger partial charge in [0.15, 0.2) is 5.76 Å². The number of hydrogen-bond acceptors (Lipinski definition) is 3. The van der Waals surface area contributed by atoms with Crippen molar-refractivity contribution >= 4 is 23.1 Å². The van der Waals surface area contributed by atoms with Crippen molar-refractivity contribution in [3.63, 3.8) is 0 Å². The Morgan fingerprint density at radius 3 is 2.94 bits per heavy atom. The molecule has 1 aliphatic rings. The molecule has 4 nitrogen and oxygen atoms in total. The molecule has 2 heterocycles. The minimum atomic E-state index is -0.0703. The molecule has 17 heavy (non-hydrogen) atoms. The van der Waals surface area contributed by atoms with Gasteiger partial charge in [-0.2, -0.15) is 0 Å². The molecule has 1 saturated heterocycles. The molecule has 0 aromatic carbocycles. The Labute approximate surface area is 106 Å². The van der Waals surface area contributed by atoms with Crippen LogP contribution in [0.3, 0.4) is 0 Å². The van der Waals surface area contributed by atoms with Crippen molar-refractivity contribution in [1.82, 2.24) is 4.90 Å². The number of piperidine rings is 1. The number of rotatable bonds is 2. The maximum Gasteiger partial charge on any atom is 0.289 e. The second-order valence-corrected chi connectivity index (χ2v) is 4.87. The van der Waals surface area contributed by atoms with Crippen molar-refractivity contribution in [2.45, 2.75) is 19.8 Å². The standard InChI is InChI=1S/C12H16N2O2S/c1-8-4-5-10(16-8)12(15)14-6-2-3-9(7-14)11(13)17/h4-5,9H,2-3,6-7H2,1H3,(H2,13,17). The second kappa shape index (κ2) is 4.87. The predicted octanol–water partition coefficient (Wildman–Crippen LogP) is 1.73. The summed E-state index contributed by atoms with van der Waals surface area (Å²) in [6, 6.07) is 3.50. The summed E-state index contributed by atoms with van der Waals surface area (Å²) in [5.74, 6) is 1.21. The average molecular weight is 252 g/mol. The minimum Gasteiger partial charge on any atom is -0.456 e. The van der Waals surface area contributed by atoms with Crippen LogP contribution in [0, 0.1) is 12.8 Å². The van der Waals surface area contributed by atoms with E-state index in [0.29, 0.717) is 17.3 Å². The minimum absolute atomic E-state index is 0.0703. The van der Waals surface area contributed by atoms with Gasteiger partial charge in [0.1, 0.15) is 5.76 Å². The molecule has 1 aromatic heterocycles. The van der Waals surface area contributed by atoms with E-state index in [-0.39, 0.29) is 11.8 Å². The van der Waals surface area contributed by atoms with Gasteiger partial charge < -0.3 is 15.1 Å². The lowest BCUT2D eigenvalue weighted by Gasteiger charge is -2.31. The van der Waals surface area contributed by atoms with Gasteiger partial charge in [0.05, 0.1) is 4.99 Å². The van der Waals surface area contributed by atoms with Crippen LogP contribution < -0.4 is 5.73 Å². The molecule has 0 aliphatic carbocycles. The van der Waals surface area contributed by atoms with Crippen LogP contribution in [0.2, 0.25) is 0 Å². The van der Waals surface area contributed by atoms with E-state index in [1.54, 1.807) is 17.0 Å². The monoisotopic (exact) mass is 252 g/mol. The third-order valence-electron chi connectivity index (χ3n) is 3.06. The third-order valence-corrected chi connectivity index (χ3v) is 3.40. The Morgan fingerprint density at radius 1 is 1.59 bits per heavy atom. The molecule has 1 aliphatic heterocycles. The largest absolute Gasteiger partial charge is 0.456 e. The summed E-state index contributed by atoms with van der Waals surface area (Å²) in [4.78, 5) is 14.4. The Kier molecular flexibility index (Phi) is 3.47. The number of nitrogens with zero attached hydrogens (tertiary/aromatic N) is 1. The zero-order valence-corrected chi connectivity index (χ0v) is 10.6. The van der Waals surface area contributed by atoms with Crippen LogP contribution in [0.15, 0.2) is 16.5 Å². The van der Waals surface area contributed by atoms with Crippen LogP contribution in [0.25, 0.3) is 0 Å². The van der Waals surface area contributed by atoms with Crippen molar-refractivity contribution in [2.24, 2.45) is 11.7 Å². The average Bonchev–Trinajstić information content (AvgIpc) is 2.75. The molecule has 0 saturated carbocycles. The molecule has 2 N–H and O–H groups in total. The summed E-state index contributed by atoms with van der Waals surface area (Å²) in [6.07, 6.45) is 1.91. The molecule has 1 fully saturated rings. The Morgan fingerprint density at radius 2 is 2.35 bits per heavy atom. The van der Waals surface area contributed by atoms with Crippen LogP contribution in [0.5, 0.6) is 0 Å². The quantitative estimate of drug-likeness (QED) is 0.814. The van der Waals surface area contributed by atoms with Gasteiger partial charge in [-0.25, -0.2) is 0 Å². The summed E-state index contributed by atoms with van der Waals surface area (Å²) >= 11 is 4.99. The van der Waals surface area contributed by atoms with Crippen molar-refractivity contribution in [3.8, 4) is 0 Å². The molecule has 1 unspecified atom stereocenters. The van der Waals surface area contributed by atoms with Crippen LogP contribution in [-0.4, -0.2) is 28.9 Å². The van der Waals surface area contributed by atoms with Gasteiger partial charge in [-0.15, -0.1) is 0 Å². The van der Waals surface area contributed by atoms with Gasteiger partial charge >= 0.3 is 0 Å². The Bertz CT molecular complexity index is 441. The molecular formula is C12H16N2O2S. The fourth-order valence-electron chi connectivity index (χ4n) is 2.10. The van der Waals surface area contributed by atoms with E-state index in [4.69, 9.17) is 22.4 Å². The van der Waals surface area contributed by atoms with E-state index in [9.17, 15) is 4.79 Å². The SMILES string of the molecule is Cc1ccc(C(=O)N2CCCC(C(N)=S)C2)o1. The lowest BCUT2D eigenvalue weighted by molar-refractivity contribution is 0.0670. The van der Waals surface area contributed by atoms with Crippen molar-refractivity contribution in [1.29, 1.82) is 0 Å². The van der Waals surface area contributed by atoms with Gasteiger partial charge in [-0.1, -0.05) is 12.2 Å². The number of carbonyl (C=O) groups excluding carboxylic acids is 1. The van der Waals surface area contributed by atoms with Crippen molar-refractivity contribution in [3.05, 3.63) is 23.7 Å². The summed E-state index contributed by atoms with van der Waals surface area (Å²) in [6.45, 7) is 3.18. The lowest BCUT2D eigenvalue weighted by Crippen LogP contribution is -2.43. The van der Waals surface area contributed by atoms with E-state index < -0.39 is 0 Å². The number of carbonyl (C=O) groups is 1. The first-order chi connectivity index (χ1) is 8.08. The summed E-state index contributed by atoms with van der Waals surface area (Å²) in [5, 5.41) is 0. The first-order valence-electron chi connectivity index (χ1n) is 5.73. The molecule has 0 spiro atoms. The molecule has 2 rings (SSSR count). The predicted molar refractivity (Wildman–Crippen MR) is 68.9 cm³/mol. The van der Waals surface area contributed by atoms with E-state index in [0.717, 1.165) is 25.1 Å². The highest BCUT2D eigenvalue weighted by atomic mass is 32.1. The summed E-state index contributed by atoms with van der Waals surface area (Å²) in [7, 11) is 0. The van der Waals surface area contributed by atoms with Gasteiger partial charge in [0.2, 0.25) is 0 Å². The van der Waals surface area contributed by atoms with Crippen LogP contribution in [0.4, 0.5) is 0 Å². The van der Waals surface area contributed by atoms with E-state index in [1.165, 1.54) is 0 Å². The zero-order valence-electron chi connectivity index (χ0n) is 9.81. The molecule has 1 atom stereocenters. The smallest absolute Gasteiger partial charge is 0.289 e. The number of furan rings is 1. The number of aryl methyl sites for hydroxylation is 1. The van der Waals surface area contributed by atoms with Crippen molar-refractivity contribution in [2.75, 3.05) is 13.1 Å². The highest BCUT2D eigenvalue weighted by Gasteiger charge is 2.27. The number of nitrogens with two attached hydrogens (primary N) is 1. The van der Waals surface area contributed by atoms with Gasteiger partial charge in [-0.3, -0.25) is 4.79 Å². The molecule has 1 amide bonds. The summed E-state index contributed by atoms with van der Waals surface area (Å²) < 4.78 is 5.34. The maximum atomic E-state index is 12.1. The first-order valence-corrected chi connectivity index (χ1v) is 6.14. The number of thiocarbonyl (C=S) groups is 1. The van der Waals surface area contributed by atoms with Gasteiger partial charge in [-0.05, 0) is 31.9 Å². The zero-order chi connectivity index (χ0) is 12.4. The number of amides is 1. The number of likely N-dealkylation sites (tertiary alicyclic amines) is 1. The lowest BCUT2D eigenvalue weighted by atomic mass is 9.98. The fraction of sp³-hybridized carbons (Fsp3) is 0.500. The first kappa shape index (κ1) is 12.1. The van der Waals surface area contributed by atoms with Crippen LogP contribution in [0.1, 0.15) is 29.2 Å². The normalized spacial score (nSPS) is 20.3. The Balaban J connectivity index is 2.07. The molecule has 5 heteroatoms. The number of hydrogen-bond donors (Lipinski definition) is 1. The molecule has 92 valence electrons. The second-order valence-electron chi connectivity index (χ2n) is 4.40. The summed E-state index contributed by atoms with van der Waals surface area (Å²) in [5.41, 5.74) is 5.64. The fourth-order valence-corrected chi connectivity index (χ4v) is 2.29. The molecular weight excluding hydrogens is 236 g/mol. The molecule has 1 aromatic rings. The van der Waals surface area contributed by atoms with Crippen LogP contribution in [-0.2, 0) is 0 Å². The van der Waals surface area contributed by atoms with E-state index in [2.05, 4.69) is 0 Å². The van der Waals surface area contributed by atoms with Crippen LogP contribution >= 0.6 is 12.2 Å². The maximum absolute atomic E-state index is 12.1. The molecule has 0 bridgehead atoms. The van der Waals surface area contributed by atoms with Gasteiger partial charge in [0.25, 0.3) is 5.91 Å². The van der Waals surface area contributed by atoms with E-state index >= 15 is 0 Å². The molecule has 0 radical (unpaired) electrons. The topological polar surface area (TPSA) is 59.5 Å². The third kappa shape index (κ3) is 2.66.